The number of benzene rings is 1. The number of nitrogens with zero attached hydrogens (tertiary/aromatic N) is 1. The van der Waals surface area contributed by atoms with E-state index in [1.165, 1.54) is 6.07 Å². The lowest BCUT2D eigenvalue weighted by atomic mass is 10.1. The van der Waals surface area contributed by atoms with Crippen molar-refractivity contribution >= 4 is 11.8 Å². The third-order valence-electron chi connectivity index (χ3n) is 2.94. The first kappa shape index (κ1) is 11.9. The van der Waals surface area contributed by atoms with Gasteiger partial charge in [0.05, 0.1) is 0 Å². The Morgan fingerprint density at radius 3 is 2.75 bits per heavy atom. The molecule has 2 N–H and O–H groups in total. The second-order valence-electron chi connectivity index (χ2n) is 3.95. The first-order valence-electron chi connectivity index (χ1n) is 5.58. The number of hydrogen-bond acceptors (Lipinski definition) is 3. The third-order valence-corrected chi connectivity index (χ3v) is 3.89. The van der Waals surface area contributed by atoms with Gasteiger partial charge >= 0.3 is 0 Å². The minimum absolute atomic E-state index is 0.164. The average molecular weight is 240 g/mol. The van der Waals surface area contributed by atoms with E-state index in [1.54, 1.807) is 12.1 Å². The highest BCUT2D eigenvalue weighted by atomic mass is 32.2. The summed E-state index contributed by atoms with van der Waals surface area (Å²) in [6, 6.07) is 6.95. The molecule has 0 aliphatic carbocycles. The molecule has 2 rings (SSSR count). The Bertz CT molecular complexity index is 340. The maximum Gasteiger partial charge on any atom is 0.123 e. The Morgan fingerprint density at radius 2 is 2.12 bits per heavy atom. The van der Waals surface area contributed by atoms with E-state index in [-0.39, 0.29) is 11.9 Å². The molecule has 1 aromatic rings. The highest BCUT2D eigenvalue weighted by molar-refractivity contribution is 7.99. The lowest BCUT2D eigenvalue weighted by Crippen LogP contribution is -2.39. The molecule has 4 heteroatoms. The molecule has 0 radical (unpaired) electrons. The van der Waals surface area contributed by atoms with Crippen LogP contribution >= 0.6 is 11.8 Å². The van der Waals surface area contributed by atoms with E-state index in [1.807, 2.05) is 17.8 Å². The standard InChI is InChI=1S/C12H17FN2S/c13-11-3-1-2-10(8-11)12(9-14)15-4-6-16-7-5-15/h1-3,8,12H,4-7,9,14H2. The lowest BCUT2D eigenvalue weighted by Gasteiger charge is -2.33. The molecule has 0 saturated carbocycles. The van der Waals surface area contributed by atoms with Crippen LogP contribution in [0.1, 0.15) is 11.6 Å². The molecule has 1 unspecified atom stereocenters. The molecule has 1 aliphatic rings. The topological polar surface area (TPSA) is 29.3 Å². The molecule has 1 aromatic carbocycles. The van der Waals surface area contributed by atoms with Crippen molar-refractivity contribution < 1.29 is 4.39 Å². The summed E-state index contributed by atoms with van der Waals surface area (Å²) in [5.41, 5.74) is 6.81. The fraction of sp³-hybridized carbons (Fsp3) is 0.500. The highest BCUT2D eigenvalue weighted by Crippen LogP contribution is 2.23. The molecule has 1 saturated heterocycles. The summed E-state index contributed by atoms with van der Waals surface area (Å²) in [5, 5.41) is 0. The fourth-order valence-corrected chi connectivity index (χ4v) is 3.03. The molecule has 0 aromatic heterocycles. The zero-order chi connectivity index (χ0) is 11.4. The maximum absolute atomic E-state index is 13.2. The summed E-state index contributed by atoms with van der Waals surface area (Å²) in [4.78, 5) is 2.35. The van der Waals surface area contributed by atoms with Crippen LogP contribution in [-0.4, -0.2) is 36.0 Å². The van der Waals surface area contributed by atoms with Gasteiger partial charge < -0.3 is 5.73 Å². The summed E-state index contributed by atoms with van der Waals surface area (Å²) in [7, 11) is 0. The molecule has 1 fully saturated rings. The first-order chi connectivity index (χ1) is 7.81. The van der Waals surface area contributed by atoms with Crippen molar-refractivity contribution in [2.24, 2.45) is 5.73 Å². The second-order valence-corrected chi connectivity index (χ2v) is 5.18. The Labute approximate surface area is 100 Å². The lowest BCUT2D eigenvalue weighted by molar-refractivity contribution is 0.223. The molecule has 2 nitrogen and oxygen atoms in total. The van der Waals surface area contributed by atoms with Crippen molar-refractivity contribution in [2.75, 3.05) is 31.1 Å². The zero-order valence-electron chi connectivity index (χ0n) is 9.23. The smallest absolute Gasteiger partial charge is 0.123 e. The largest absolute Gasteiger partial charge is 0.329 e. The average Bonchev–Trinajstić information content (AvgIpc) is 2.31. The van der Waals surface area contributed by atoms with E-state index < -0.39 is 0 Å². The van der Waals surface area contributed by atoms with Gasteiger partial charge in [-0.15, -0.1) is 0 Å². The van der Waals surface area contributed by atoms with Gasteiger partial charge in [-0.1, -0.05) is 12.1 Å². The van der Waals surface area contributed by atoms with E-state index in [2.05, 4.69) is 4.90 Å². The molecule has 1 atom stereocenters. The molecule has 16 heavy (non-hydrogen) atoms. The van der Waals surface area contributed by atoms with Crippen LogP contribution in [0.15, 0.2) is 24.3 Å². The van der Waals surface area contributed by atoms with Gasteiger partial charge in [0.1, 0.15) is 5.82 Å². The maximum atomic E-state index is 13.2. The Kier molecular flexibility index (Phi) is 4.21. The highest BCUT2D eigenvalue weighted by Gasteiger charge is 2.21. The van der Waals surface area contributed by atoms with Gasteiger partial charge in [0.2, 0.25) is 0 Å². The molecular weight excluding hydrogens is 223 g/mol. The normalized spacial score (nSPS) is 19.6. The number of hydrogen-bond donors (Lipinski definition) is 1. The summed E-state index contributed by atoms with van der Waals surface area (Å²) in [6.45, 7) is 2.64. The van der Waals surface area contributed by atoms with E-state index >= 15 is 0 Å². The van der Waals surface area contributed by atoms with Crippen LogP contribution in [0.4, 0.5) is 4.39 Å². The fourth-order valence-electron chi connectivity index (χ4n) is 2.10. The van der Waals surface area contributed by atoms with Crippen molar-refractivity contribution in [3.8, 4) is 0 Å². The van der Waals surface area contributed by atoms with Gasteiger partial charge in [0, 0.05) is 37.2 Å². The van der Waals surface area contributed by atoms with Crippen molar-refractivity contribution in [1.82, 2.24) is 4.90 Å². The predicted molar refractivity (Wildman–Crippen MR) is 67.1 cm³/mol. The predicted octanol–water partition coefficient (Wildman–Crippen LogP) is 1.87. The van der Waals surface area contributed by atoms with E-state index in [0.29, 0.717) is 6.54 Å². The van der Waals surface area contributed by atoms with Crippen LogP contribution in [0.3, 0.4) is 0 Å². The van der Waals surface area contributed by atoms with Gasteiger partial charge in [-0.2, -0.15) is 11.8 Å². The van der Waals surface area contributed by atoms with Crippen LogP contribution in [0.25, 0.3) is 0 Å². The molecule has 0 bridgehead atoms. The zero-order valence-corrected chi connectivity index (χ0v) is 10.0. The Morgan fingerprint density at radius 1 is 1.38 bits per heavy atom. The first-order valence-corrected chi connectivity index (χ1v) is 6.74. The number of halogens is 1. The summed E-state index contributed by atoms with van der Waals surface area (Å²) in [6.07, 6.45) is 0. The molecule has 0 spiro atoms. The van der Waals surface area contributed by atoms with E-state index in [0.717, 1.165) is 30.2 Å². The van der Waals surface area contributed by atoms with Crippen molar-refractivity contribution in [2.45, 2.75) is 6.04 Å². The van der Waals surface area contributed by atoms with Gasteiger partial charge in [-0.05, 0) is 17.7 Å². The minimum Gasteiger partial charge on any atom is -0.329 e. The molecule has 0 amide bonds. The van der Waals surface area contributed by atoms with Gasteiger partial charge in [-0.3, -0.25) is 4.90 Å². The van der Waals surface area contributed by atoms with Crippen molar-refractivity contribution in [3.63, 3.8) is 0 Å². The van der Waals surface area contributed by atoms with Crippen molar-refractivity contribution in [3.05, 3.63) is 35.6 Å². The monoisotopic (exact) mass is 240 g/mol. The van der Waals surface area contributed by atoms with Crippen LogP contribution in [0.5, 0.6) is 0 Å². The molecule has 1 heterocycles. The molecule has 88 valence electrons. The Balaban J connectivity index is 2.14. The summed E-state index contributed by atoms with van der Waals surface area (Å²) >= 11 is 1.97. The van der Waals surface area contributed by atoms with Crippen LogP contribution < -0.4 is 5.73 Å². The SMILES string of the molecule is NCC(c1cccc(F)c1)N1CCSCC1. The number of rotatable bonds is 3. The molecular formula is C12H17FN2S. The quantitative estimate of drug-likeness (QED) is 0.874. The van der Waals surface area contributed by atoms with Crippen LogP contribution in [0.2, 0.25) is 0 Å². The van der Waals surface area contributed by atoms with E-state index in [9.17, 15) is 4.39 Å². The van der Waals surface area contributed by atoms with Crippen molar-refractivity contribution in [1.29, 1.82) is 0 Å². The number of nitrogens with two attached hydrogens (primary N) is 1. The molecule has 1 aliphatic heterocycles. The van der Waals surface area contributed by atoms with Crippen LogP contribution in [0, 0.1) is 5.82 Å². The van der Waals surface area contributed by atoms with E-state index in [4.69, 9.17) is 5.73 Å². The minimum atomic E-state index is -0.178. The summed E-state index contributed by atoms with van der Waals surface area (Å²) < 4.78 is 13.2. The van der Waals surface area contributed by atoms with Gasteiger partial charge in [-0.25, -0.2) is 4.39 Å². The number of thioether (sulfide) groups is 1. The van der Waals surface area contributed by atoms with Gasteiger partial charge in [0.15, 0.2) is 0 Å². The Hall–Kier alpha value is -0.580. The second kappa shape index (κ2) is 5.66. The third kappa shape index (κ3) is 2.75. The summed E-state index contributed by atoms with van der Waals surface area (Å²) in [5.74, 6) is 2.11. The van der Waals surface area contributed by atoms with Crippen LogP contribution in [-0.2, 0) is 0 Å². The van der Waals surface area contributed by atoms with Gasteiger partial charge in [0.25, 0.3) is 0 Å².